The van der Waals surface area contributed by atoms with Gasteiger partial charge in [-0.15, -0.1) is 11.3 Å². The summed E-state index contributed by atoms with van der Waals surface area (Å²) in [5.74, 6) is -0.290. The number of aryl methyl sites for hydroxylation is 1. The van der Waals surface area contributed by atoms with Crippen LogP contribution in [0.2, 0.25) is 0 Å². The maximum absolute atomic E-state index is 11.6. The highest BCUT2D eigenvalue weighted by atomic mass is 32.1. The van der Waals surface area contributed by atoms with Gasteiger partial charge >= 0.3 is 5.97 Å². The summed E-state index contributed by atoms with van der Waals surface area (Å²) in [6.07, 6.45) is 3.02. The number of pyridine rings is 1. The van der Waals surface area contributed by atoms with Gasteiger partial charge in [0.2, 0.25) is 0 Å². The van der Waals surface area contributed by atoms with E-state index in [-0.39, 0.29) is 12.6 Å². The van der Waals surface area contributed by atoms with Crippen LogP contribution in [-0.2, 0) is 17.9 Å². The molecule has 0 bridgehead atoms. The first-order chi connectivity index (χ1) is 13.5. The normalized spacial score (nSPS) is 14.0. The number of carbonyl (C=O) groups is 1. The summed E-state index contributed by atoms with van der Waals surface area (Å²) in [6.45, 7) is 5.20. The van der Waals surface area contributed by atoms with E-state index in [0.29, 0.717) is 18.7 Å². The van der Waals surface area contributed by atoms with Gasteiger partial charge in [0.05, 0.1) is 27.2 Å². The summed E-state index contributed by atoms with van der Waals surface area (Å²) in [7, 11) is 0. The monoisotopic (exact) mass is 395 g/mol. The number of nitrogens with zero attached hydrogens (tertiary/aromatic N) is 2. The number of aliphatic hydroxyl groups excluding tert-OH is 1. The lowest BCUT2D eigenvalue weighted by atomic mass is 9.95. The number of aromatic nitrogens is 2. The van der Waals surface area contributed by atoms with Crippen LogP contribution < -0.4 is 5.32 Å². The van der Waals surface area contributed by atoms with Crippen molar-refractivity contribution in [3.05, 3.63) is 69.5 Å². The molecule has 0 spiro atoms. The highest BCUT2D eigenvalue weighted by molar-refractivity contribution is 7.15. The number of ether oxygens (including phenoxy) is 1. The quantitative estimate of drug-likeness (QED) is 0.623. The van der Waals surface area contributed by atoms with Gasteiger partial charge in [0.1, 0.15) is 6.61 Å². The molecule has 0 saturated heterocycles. The van der Waals surface area contributed by atoms with Crippen LogP contribution >= 0.6 is 11.3 Å². The van der Waals surface area contributed by atoms with Crippen molar-refractivity contribution in [3.63, 3.8) is 0 Å². The molecule has 28 heavy (non-hydrogen) atoms. The zero-order valence-electron chi connectivity index (χ0n) is 15.7. The number of fused-ring (bicyclic) bond motifs is 1. The Hall–Kier alpha value is -2.61. The Morgan fingerprint density at radius 1 is 1.21 bits per heavy atom. The second-order valence-corrected chi connectivity index (χ2v) is 8.06. The molecule has 0 amide bonds. The predicted octanol–water partition coefficient (Wildman–Crippen LogP) is 3.32. The van der Waals surface area contributed by atoms with Crippen LogP contribution in [0.1, 0.15) is 43.7 Å². The van der Waals surface area contributed by atoms with Crippen molar-refractivity contribution >= 4 is 17.3 Å². The third-order valence-corrected chi connectivity index (χ3v) is 5.87. The van der Waals surface area contributed by atoms with Gasteiger partial charge in [-0.25, -0.2) is 9.78 Å². The third kappa shape index (κ3) is 3.69. The van der Waals surface area contributed by atoms with E-state index in [0.717, 1.165) is 37.8 Å². The third-order valence-electron chi connectivity index (χ3n) is 4.93. The number of cyclic esters (lactones) is 1. The molecule has 0 aliphatic carbocycles. The van der Waals surface area contributed by atoms with Gasteiger partial charge in [0.25, 0.3) is 0 Å². The van der Waals surface area contributed by atoms with Crippen molar-refractivity contribution in [2.75, 3.05) is 6.54 Å². The zero-order valence-corrected chi connectivity index (χ0v) is 16.5. The standard InChI is InChI=1S/C21H21N3O3S/c1-12-15(4-5-16-17(12)11-27-21(16)26)19(25)9-22-7-14-3-6-18(24-8-14)20-10-23-13(2)28-20/h3-6,8,10,19,22,25H,7,9,11H2,1-2H3. The van der Waals surface area contributed by atoms with E-state index < -0.39 is 6.10 Å². The molecular weight excluding hydrogens is 374 g/mol. The summed E-state index contributed by atoms with van der Waals surface area (Å²) >= 11 is 1.62. The fraction of sp³-hybridized carbons (Fsp3) is 0.286. The number of hydrogen-bond donors (Lipinski definition) is 2. The highest BCUT2D eigenvalue weighted by Crippen LogP contribution is 2.29. The van der Waals surface area contributed by atoms with Gasteiger partial charge in [-0.1, -0.05) is 12.1 Å². The summed E-state index contributed by atoms with van der Waals surface area (Å²) in [5.41, 5.74) is 5.17. The molecule has 144 valence electrons. The Bertz CT molecular complexity index is 1010. The molecule has 7 heteroatoms. The number of benzene rings is 1. The fourth-order valence-corrected chi connectivity index (χ4v) is 4.10. The summed E-state index contributed by atoms with van der Waals surface area (Å²) in [4.78, 5) is 21.5. The van der Waals surface area contributed by atoms with Crippen LogP contribution in [0.5, 0.6) is 0 Å². The first kappa shape index (κ1) is 18.7. The van der Waals surface area contributed by atoms with Crippen LogP contribution in [0.25, 0.3) is 10.6 Å². The Morgan fingerprint density at radius 2 is 2.07 bits per heavy atom. The van der Waals surface area contributed by atoms with Crippen molar-refractivity contribution in [1.29, 1.82) is 0 Å². The largest absolute Gasteiger partial charge is 0.457 e. The maximum Gasteiger partial charge on any atom is 0.338 e. The number of esters is 1. The summed E-state index contributed by atoms with van der Waals surface area (Å²) < 4.78 is 5.07. The lowest BCUT2D eigenvalue weighted by molar-refractivity contribution is 0.0535. The second-order valence-electron chi connectivity index (χ2n) is 6.82. The van der Waals surface area contributed by atoms with Gasteiger partial charge in [0, 0.05) is 31.0 Å². The van der Waals surface area contributed by atoms with Gasteiger partial charge in [0.15, 0.2) is 0 Å². The smallest absolute Gasteiger partial charge is 0.338 e. The number of nitrogens with one attached hydrogen (secondary N) is 1. The minimum absolute atomic E-state index is 0.283. The van der Waals surface area contributed by atoms with Crippen molar-refractivity contribution in [3.8, 4) is 10.6 Å². The average Bonchev–Trinajstić information content (AvgIpc) is 3.29. The minimum atomic E-state index is -0.659. The van der Waals surface area contributed by atoms with E-state index in [1.165, 1.54) is 0 Å². The van der Waals surface area contributed by atoms with Crippen molar-refractivity contribution < 1.29 is 14.6 Å². The molecule has 1 aliphatic rings. The molecule has 1 aliphatic heterocycles. The predicted molar refractivity (Wildman–Crippen MR) is 107 cm³/mol. The van der Waals surface area contributed by atoms with Crippen LogP contribution in [0.4, 0.5) is 0 Å². The maximum atomic E-state index is 11.6. The Morgan fingerprint density at radius 3 is 2.79 bits per heavy atom. The van der Waals surface area contributed by atoms with Gasteiger partial charge < -0.3 is 15.2 Å². The fourth-order valence-electron chi connectivity index (χ4n) is 3.35. The minimum Gasteiger partial charge on any atom is -0.457 e. The number of carbonyl (C=O) groups excluding carboxylic acids is 1. The van der Waals surface area contributed by atoms with Crippen molar-refractivity contribution in [2.24, 2.45) is 0 Å². The Balaban J connectivity index is 1.36. The van der Waals surface area contributed by atoms with Gasteiger partial charge in [-0.2, -0.15) is 0 Å². The summed E-state index contributed by atoms with van der Waals surface area (Å²) in [5, 5.41) is 14.9. The molecule has 0 saturated carbocycles. The molecule has 0 fully saturated rings. The Kier molecular flexibility index (Phi) is 5.21. The van der Waals surface area contributed by atoms with E-state index in [9.17, 15) is 9.90 Å². The van der Waals surface area contributed by atoms with Crippen molar-refractivity contribution in [1.82, 2.24) is 15.3 Å². The number of thiazole rings is 1. The van der Waals surface area contributed by atoms with Crippen LogP contribution in [-0.4, -0.2) is 27.6 Å². The number of rotatable bonds is 6. The molecule has 1 aromatic carbocycles. The molecule has 4 rings (SSSR count). The zero-order chi connectivity index (χ0) is 19.7. The van der Waals surface area contributed by atoms with Gasteiger partial charge in [-0.05, 0) is 42.7 Å². The Labute approximate surface area is 167 Å². The lowest BCUT2D eigenvalue weighted by Crippen LogP contribution is -2.22. The average molecular weight is 395 g/mol. The lowest BCUT2D eigenvalue weighted by Gasteiger charge is -2.16. The van der Waals surface area contributed by atoms with E-state index in [1.807, 2.05) is 38.4 Å². The number of aliphatic hydroxyl groups is 1. The van der Waals surface area contributed by atoms with Crippen molar-refractivity contribution in [2.45, 2.75) is 33.1 Å². The molecule has 1 atom stereocenters. The van der Waals surface area contributed by atoms with Crippen LogP contribution in [0, 0.1) is 13.8 Å². The molecule has 2 N–H and O–H groups in total. The van der Waals surface area contributed by atoms with E-state index in [4.69, 9.17) is 4.74 Å². The molecule has 0 radical (unpaired) electrons. The van der Waals surface area contributed by atoms with Gasteiger partial charge in [-0.3, -0.25) is 4.98 Å². The SMILES string of the molecule is Cc1ncc(-c2ccc(CNCC(O)c3ccc4c(c3C)COC4=O)cn2)s1. The second kappa shape index (κ2) is 7.79. The van der Waals surface area contributed by atoms with E-state index in [2.05, 4.69) is 15.3 Å². The summed E-state index contributed by atoms with van der Waals surface area (Å²) in [6, 6.07) is 7.56. The van der Waals surface area contributed by atoms with Crippen LogP contribution in [0.3, 0.4) is 0 Å². The van der Waals surface area contributed by atoms with E-state index >= 15 is 0 Å². The first-order valence-electron chi connectivity index (χ1n) is 9.09. The molecule has 2 aromatic heterocycles. The highest BCUT2D eigenvalue weighted by Gasteiger charge is 2.25. The first-order valence-corrected chi connectivity index (χ1v) is 9.90. The molecule has 1 unspecified atom stereocenters. The van der Waals surface area contributed by atoms with E-state index in [1.54, 1.807) is 23.5 Å². The topological polar surface area (TPSA) is 84.3 Å². The molecule has 6 nitrogen and oxygen atoms in total. The molecule has 3 heterocycles. The molecular formula is C21H21N3O3S. The molecule has 3 aromatic rings. The van der Waals surface area contributed by atoms with Crippen LogP contribution in [0.15, 0.2) is 36.7 Å². The number of hydrogen-bond acceptors (Lipinski definition) is 7.